The van der Waals surface area contributed by atoms with Crippen LogP contribution in [-0.4, -0.2) is 34.1 Å². The highest BCUT2D eigenvalue weighted by Crippen LogP contribution is 2.40. The van der Waals surface area contributed by atoms with Crippen molar-refractivity contribution in [2.75, 3.05) is 0 Å². The maximum absolute atomic E-state index is 13.4. The second kappa shape index (κ2) is 10.5. The van der Waals surface area contributed by atoms with Gasteiger partial charge in [-0.3, -0.25) is 0 Å². The third-order valence-electron chi connectivity index (χ3n) is 6.76. The Hall–Kier alpha value is -1.99. The molecule has 4 rings (SSSR count). The van der Waals surface area contributed by atoms with E-state index in [2.05, 4.69) is 15.3 Å². The highest BCUT2D eigenvalue weighted by atomic mass is 35.5. The van der Waals surface area contributed by atoms with Gasteiger partial charge in [-0.25, -0.2) is 14.6 Å². The molecule has 2 fully saturated rings. The third-order valence-corrected chi connectivity index (χ3v) is 7.41. The Bertz CT molecular complexity index is 899. The van der Waals surface area contributed by atoms with Gasteiger partial charge >= 0.3 is 11.9 Å². The predicted molar refractivity (Wildman–Crippen MR) is 126 cm³/mol. The number of ether oxygens (including phenoxy) is 2. The number of allylic oxidation sites excluding steroid dienone is 2. The Balaban J connectivity index is 1.67. The second-order valence-corrected chi connectivity index (χ2v) is 9.93. The van der Waals surface area contributed by atoms with E-state index in [0.29, 0.717) is 28.4 Å². The standard InChI is InChI=1S/C24H31Cl2N3O4/c1-13-17(23(30)32-15-9-5-3-6-10-15)19(22-28-20(25)21(26)29-22)18(14(2)27-13)24(31)33-16-11-7-4-8-12-16/h15-16,19,27H,3-12H2,1-2H3,(H,28,29). The van der Waals surface area contributed by atoms with Crippen molar-refractivity contribution in [3.63, 3.8) is 0 Å². The first-order valence-corrected chi connectivity index (χ1v) is 12.6. The number of nitrogens with zero attached hydrogens (tertiary/aromatic N) is 1. The number of H-pyrrole nitrogens is 1. The first-order valence-electron chi connectivity index (χ1n) is 11.9. The lowest BCUT2D eigenvalue weighted by molar-refractivity contribution is -0.146. The summed E-state index contributed by atoms with van der Waals surface area (Å²) in [5, 5.41) is 3.42. The molecule has 0 radical (unpaired) electrons. The fourth-order valence-corrected chi connectivity index (χ4v) is 5.37. The molecular weight excluding hydrogens is 465 g/mol. The maximum atomic E-state index is 13.4. The van der Waals surface area contributed by atoms with E-state index >= 15 is 0 Å². The lowest BCUT2D eigenvalue weighted by atomic mass is 9.84. The van der Waals surface area contributed by atoms with Gasteiger partial charge in [0.1, 0.15) is 23.2 Å². The van der Waals surface area contributed by atoms with E-state index in [-0.39, 0.29) is 22.5 Å². The maximum Gasteiger partial charge on any atom is 0.337 e. The van der Waals surface area contributed by atoms with Crippen molar-refractivity contribution in [3.8, 4) is 0 Å². The van der Waals surface area contributed by atoms with Crippen LogP contribution in [0.25, 0.3) is 0 Å². The van der Waals surface area contributed by atoms with E-state index in [1.54, 1.807) is 13.8 Å². The van der Waals surface area contributed by atoms with E-state index in [0.717, 1.165) is 64.2 Å². The van der Waals surface area contributed by atoms with Crippen molar-refractivity contribution >= 4 is 35.1 Å². The van der Waals surface area contributed by atoms with Gasteiger partial charge in [0, 0.05) is 11.4 Å². The molecule has 2 heterocycles. The van der Waals surface area contributed by atoms with E-state index in [1.807, 2.05) is 0 Å². The molecule has 2 N–H and O–H groups in total. The quantitative estimate of drug-likeness (QED) is 0.508. The van der Waals surface area contributed by atoms with Crippen molar-refractivity contribution in [3.05, 3.63) is 38.7 Å². The van der Waals surface area contributed by atoms with Gasteiger partial charge in [0.25, 0.3) is 0 Å². The number of esters is 2. The Kier molecular flexibility index (Phi) is 7.69. The SMILES string of the molecule is CC1=C(C(=O)OC2CCCCC2)C(c2nc(Cl)c(Cl)[nH]2)C(C(=O)OC2CCCCC2)=C(C)N1. The molecule has 0 spiro atoms. The minimum atomic E-state index is -0.816. The molecule has 0 aromatic carbocycles. The summed E-state index contributed by atoms with van der Waals surface area (Å²) in [5.74, 6) is -1.42. The summed E-state index contributed by atoms with van der Waals surface area (Å²) in [5.41, 5.74) is 1.86. The lowest BCUT2D eigenvalue weighted by Crippen LogP contribution is -2.35. The molecule has 9 heteroatoms. The fraction of sp³-hybridized carbons (Fsp3) is 0.625. The zero-order valence-electron chi connectivity index (χ0n) is 19.1. The number of carbonyl (C=O) groups is 2. The third kappa shape index (κ3) is 5.40. The van der Waals surface area contributed by atoms with Crippen LogP contribution in [-0.2, 0) is 19.1 Å². The average Bonchev–Trinajstić information content (AvgIpc) is 3.12. The first-order chi connectivity index (χ1) is 15.8. The topological polar surface area (TPSA) is 93.3 Å². The molecule has 1 aromatic heterocycles. The average molecular weight is 496 g/mol. The molecule has 1 aliphatic heterocycles. The summed E-state index contributed by atoms with van der Waals surface area (Å²) < 4.78 is 11.8. The summed E-state index contributed by atoms with van der Waals surface area (Å²) >= 11 is 12.3. The second-order valence-electron chi connectivity index (χ2n) is 9.19. The molecule has 0 saturated heterocycles. The number of aromatic nitrogens is 2. The molecule has 0 unspecified atom stereocenters. The molecular formula is C24H31Cl2N3O4. The number of rotatable bonds is 5. The molecule has 0 bridgehead atoms. The Morgan fingerprint density at radius 2 is 1.27 bits per heavy atom. The largest absolute Gasteiger partial charge is 0.459 e. The van der Waals surface area contributed by atoms with Gasteiger partial charge < -0.3 is 19.8 Å². The van der Waals surface area contributed by atoms with Crippen LogP contribution >= 0.6 is 23.2 Å². The lowest BCUT2D eigenvalue weighted by Gasteiger charge is -2.31. The normalized spacial score (nSPS) is 21.2. The van der Waals surface area contributed by atoms with Gasteiger partial charge in [-0.2, -0.15) is 0 Å². The van der Waals surface area contributed by atoms with Crippen LogP contribution in [0.1, 0.15) is 89.8 Å². The molecule has 33 heavy (non-hydrogen) atoms. The minimum absolute atomic E-state index is 0.0838. The molecule has 0 atom stereocenters. The molecule has 7 nitrogen and oxygen atoms in total. The van der Waals surface area contributed by atoms with Gasteiger partial charge in [-0.1, -0.05) is 36.0 Å². The number of nitrogens with one attached hydrogen (secondary N) is 2. The Morgan fingerprint density at radius 1 is 0.818 bits per heavy atom. The predicted octanol–water partition coefficient (Wildman–Crippen LogP) is 5.70. The first kappa shape index (κ1) is 24.1. The molecule has 0 amide bonds. The van der Waals surface area contributed by atoms with Gasteiger partial charge in [0.05, 0.1) is 17.1 Å². The van der Waals surface area contributed by atoms with E-state index in [1.165, 1.54) is 0 Å². The molecule has 2 saturated carbocycles. The number of aromatic amines is 1. The van der Waals surface area contributed by atoms with Crippen molar-refractivity contribution in [1.82, 2.24) is 15.3 Å². The molecule has 3 aliphatic rings. The Labute approximate surface area is 204 Å². The number of imidazole rings is 1. The van der Waals surface area contributed by atoms with Crippen LogP contribution in [0.2, 0.25) is 10.3 Å². The van der Waals surface area contributed by atoms with Crippen LogP contribution in [0.4, 0.5) is 0 Å². The zero-order valence-corrected chi connectivity index (χ0v) is 20.7. The number of carbonyl (C=O) groups excluding carboxylic acids is 2. The number of halogens is 2. The van der Waals surface area contributed by atoms with Crippen molar-refractivity contribution in [2.24, 2.45) is 0 Å². The molecule has 2 aliphatic carbocycles. The monoisotopic (exact) mass is 495 g/mol. The van der Waals surface area contributed by atoms with Gasteiger partial charge in [-0.05, 0) is 65.2 Å². The summed E-state index contributed by atoms with van der Waals surface area (Å²) in [7, 11) is 0. The number of dihydropyridines is 1. The molecule has 180 valence electrons. The highest BCUT2D eigenvalue weighted by Gasteiger charge is 2.41. The highest BCUT2D eigenvalue weighted by molar-refractivity contribution is 6.40. The fourth-order valence-electron chi connectivity index (χ4n) is 5.09. The van der Waals surface area contributed by atoms with Gasteiger partial charge in [0.2, 0.25) is 0 Å². The van der Waals surface area contributed by atoms with E-state index in [9.17, 15) is 9.59 Å². The Morgan fingerprint density at radius 3 is 1.67 bits per heavy atom. The van der Waals surface area contributed by atoms with Crippen LogP contribution in [0.5, 0.6) is 0 Å². The number of hydrogen-bond acceptors (Lipinski definition) is 6. The van der Waals surface area contributed by atoms with E-state index < -0.39 is 17.9 Å². The van der Waals surface area contributed by atoms with Gasteiger partial charge in [-0.15, -0.1) is 0 Å². The van der Waals surface area contributed by atoms with E-state index in [4.69, 9.17) is 32.7 Å². The van der Waals surface area contributed by atoms with Crippen LogP contribution in [0, 0.1) is 0 Å². The van der Waals surface area contributed by atoms with Gasteiger partial charge in [0.15, 0.2) is 5.15 Å². The number of hydrogen-bond donors (Lipinski definition) is 2. The summed E-state index contributed by atoms with van der Waals surface area (Å²) in [6.07, 6.45) is 9.61. The smallest absolute Gasteiger partial charge is 0.337 e. The van der Waals surface area contributed by atoms with Crippen LogP contribution < -0.4 is 5.32 Å². The van der Waals surface area contributed by atoms with Crippen molar-refractivity contribution in [1.29, 1.82) is 0 Å². The van der Waals surface area contributed by atoms with Crippen LogP contribution in [0.3, 0.4) is 0 Å². The summed E-state index contributed by atoms with van der Waals surface area (Å²) in [4.78, 5) is 34.1. The van der Waals surface area contributed by atoms with Crippen molar-refractivity contribution in [2.45, 2.75) is 96.2 Å². The molecule has 1 aromatic rings. The summed E-state index contributed by atoms with van der Waals surface area (Å²) in [6, 6.07) is 0. The summed E-state index contributed by atoms with van der Waals surface area (Å²) in [6.45, 7) is 3.59. The van der Waals surface area contributed by atoms with Crippen LogP contribution in [0.15, 0.2) is 22.5 Å². The van der Waals surface area contributed by atoms with Crippen molar-refractivity contribution < 1.29 is 19.1 Å². The minimum Gasteiger partial charge on any atom is -0.459 e. The zero-order chi connectivity index (χ0) is 23.5.